The number of aryl methyl sites for hydroxylation is 2. The maximum Gasteiger partial charge on any atom is 0.277 e. The van der Waals surface area contributed by atoms with Crippen LogP contribution in [0.15, 0.2) is 24.4 Å². The van der Waals surface area contributed by atoms with Crippen LogP contribution in [0.1, 0.15) is 28.0 Å². The number of carbonyl (C=O) groups excluding carboxylic acids is 1. The number of hydrogen-bond donors (Lipinski definition) is 2. The number of anilines is 1. The normalized spacial score (nSPS) is 13.2. The maximum absolute atomic E-state index is 12.1. The fourth-order valence-electron chi connectivity index (χ4n) is 2.49. The van der Waals surface area contributed by atoms with Crippen molar-refractivity contribution in [3.05, 3.63) is 41.2 Å². The lowest BCUT2D eigenvalue weighted by Crippen LogP contribution is -2.13. The van der Waals surface area contributed by atoms with Crippen molar-refractivity contribution in [2.75, 3.05) is 11.9 Å². The molecule has 6 heteroatoms. The Kier molecular flexibility index (Phi) is 3.47. The number of amides is 1. The molecule has 2 aromatic rings. The first-order valence-electron chi connectivity index (χ1n) is 6.79. The van der Waals surface area contributed by atoms with Gasteiger partial charge in [-0.15, -0.1) is 5.10 Å². The van der Waals surface area contributed by atoms with E-state index in [4.69, 9.17) is 5.73 Å². The minimum absolute atomic E-state index is 0.244. The van der Waals surface area contributed by atoms with E-state index in [1.165, 1.54) is 17.5 Å². The standard InChI is InChI=1S/C14H17N5O/c15-6-7-19-9-13(17-18-19)14(20)16-12-5-4-10-2-1-3-11(10)8-12/h4-5,8-9H,1-3,6-7,15H2,(H,16,20). The summed E-state index contributed by atoms with van der Waals surface area (Å²) in [7, 11) is 0. The van der Waals surface area contributed by atoms with Gasteiger partial charge in [0.2, 0.25) is 0 Å². The van der Waals surface area contributed by atoms with Crippen LogP contribution >= 0.6 is 0 Å². The summed E-state index contributed by atoms with van der Waals surface area (Å²) in [5, 5.41) is 10.6. The number of fused-ring (bicyclic) bond motifs is 1. The van der Waals surface area contributed by atoms with Crippen molar-refractivity contribution in [3.63, 3.8) is 0 Å². The molecule has 0 spiro atoms. The second-order valence-electron chi connectivity index (χ2n) is 4.95. The van der Waals surface area contributed by atoms with E-state index < -0.39 is 0 Å². The Balaban J connectivity index is 1.71. The van der Waals surface area contributed by atoms with Crippen molar-refractivity contribution in [1.29, 1.82) is 0 Å². The van der Waals surface area contributed by atoms with Gasteiger partial charge in [-0.25, -0.2) is 0 Å². The van der Waals surface area contributed by atoms with E-state index >= 15 is 0 Å². The van der Waals surface area contributed by atoms with E-state index in [9.17, 15) is 4.79 Å². The van der Waals surface area contributed by atoms with Gasteiger partial charge in [-0.1, -0.05) is 11.3 Å². The van der Waals surface area contributed by atoms with E-state index in [2.05, 4.69) is 21.7 Å². The summed E-state index contributed by atoms with van der Waals surface area (Å²) in [5.41, 5.74) is 9.26. The molecular formula is C14H17N5O. The number of rotatable bonds is 4. The third kappa shape index (κ3) is 2.55. The zero-order chi connectivity index (χ0) is 13.9. The molecule has 1 aliphatic carbocycles. The van der Waals surface area contributed by atoms with Gasteiger partial charge >= 0.3 is 0 Å². The van der Waals surface area contributed by atoms with Crippen molar-refractivity contribution < 1.29 is 4.79 Å². The van der Waals surface area contributed by atoms with Crippen molar-refractivity contribution >= 4 is 11.6 Å². The molecule has 3 rings (SSSR count). The number of nitrogens with zero attached hydrogens (tertiary/aromatic N) is 3. The Hall–Kier alpha value is -2.21. The first kappa shape index (κ1) is 12.8. The molecule has 3 N–H and O–H groups in total. The van der Waals surface area contributed by atoms with Gasteiger partial charge in [0, 0.05) is 12.2 Å². The first-order chi connectivity index (χ1) is 9.76. The summed E-state index contributed by atoms with van der Waals surface area (Å²) < 4.78 is 1.57. The Morgan fingerprint density at radius 2 is 2.20 bits per heavy atom. The molecular weight excluding hydrogens is 254 g/mol. The zero-order valence-electron chi connectivity index (χ0n) is 11.2. The van der Waals surface area contributed by atoms with Gasteiger partial charge in [0.1, 0.15) is 0 Å². The molecule has 0 unspecified atom stereocenters. The molecule has 1 amide bonds. The molecule has 0 bridgehead atoms. The minimum atomic E-state index is -0.244. The Morgan fingerprint density at radius 3 is 3.05 bits per heavy atom. The summed E-state index contributed by atoms with van der Waals surface area (Å²) in [5.74, 6) is -0.244. The highest BCUT2D eigenvalue weighted by atomic mass is 16.2. The van der Waals surface area contributed by atoms with Crippen molar-refractivity contribution in [3.8, 4) is 0 Å². The Bertz CT molecular complexity index is 634. The quantitative estimate of drug-likeness (QED) is 0.868. The number of aromatic nitrogens is 3. The molecule has 0 atom stereocenters. The van der Waals surface area contributed by atoms with Crippen LogP contribution < -0.4 is 11.1 Å². The van der Waals surface area contributed by atoms with Crippen molar-refractivity contribution in [1.82, 2.24) is 15.0 Å². The number of hydrogen-bond acceptors (Lipinski definition) is 4. The predicted octanol–water partition coefficient (Wildman–Crippen LogP) is 0.978. The third-order valence-electron chi connectivity index (χ3n) is 3.49. The highest BCUT2D eigenvalue weighted by molar-refractivity contribution is 6.02. The molecule has 0 saturated carbocycles. The van der Waals surface area contributed by atoms with Crippen LogP contribution in [0.4, 0.5) is 5.69 Å². The topological polar surface area (TPSA) is 85.8 Å². The second-order valence-corrected chi connectivity index (χ2v) is 4.95. The molecule has 1 heterocycles. The van der Waals surface area contributed by atoms with Crippen LogP contribution in [0.3, 0.4) is 0 Å². The molecule has 1 aliphatic rings. The lowest BCUT2D eigenvalue weighted by Gasteiger charge is -2.05. The third-order valence-corrected chi connectivity index (χ3v) is 3.49. The minimum Gasteiger partial charge on any atom is -0.329 e. The van der Waals surface area contributed by atoms with Crippen LogP contribution in [-0.2, 0) is 19.4 Å². The Morgan fingerprint density at radius 1 is 1.35 bits per heavy atom. The highest BCUT2D eigenvalue weighted by Crippen LogP contribution is 2.25. The molecule has 1 aromatic carbocycles. The summed E-state index contributed by atoms with van der Waals surface area (Å²) in [6.45, 7) is 1.02. The van der Waals surface area contributed by atoms with Gasteiger partial charge in [-0.2, -0.15) is 0 Å². The molecule has 20 heavy (non-hydrogen) atoms. The average molecular weight is 271 g/mol. The van der Waals surface area contributed by atoms with Gasteiger partial charge in [0.05, 0.1) is 12.7 Å². The molecule has 0 radical (unpaired) electrons. The van der Waals surface area contributed by atoms with Gasteiger partial charge in [0.25, 0.3) is 5.91 Å². The number of carbonyl (C=O) groups is 1. The number of nitrogens with two attached hydrogens (primary N) is 1. The fourth-order valence-corrected chi connectivity index (χ4v) is 2.49. The van der Waals surface area contributed by atoms with E-state index in [-0.39, 0.29) is 5.91 Å². The number of benzene rings is 1. The maximum atomic E-state index is 12.1. The van der Waals surface area contributed by atoms with E-state index in [1.54, 1.807) is 10.9 Å². The molecule has 6 nitrogen and oxygen atoms in total. The lowest BCUT2D eigenvalue weighted by molar-refractivity contribution is 0.102. The van der Waals surface area contributed by atoms with Gasteiger partial charge < -0.3 is 11.1 Å². The van der Waals surface area contributed by atoms with Gasteiger partial charge in [-0.05, 0) is 42.5 Å². The second kappa shape index (κ2) is 5.42. The van der Waals surface area contributed by atoms with Gasteiger partial charge in [0.15, 0.2) is 5.69 Å². The smallest absolute Gasteiger partial charge is 0.277 e. The zero-order valence-corrected chi connectivity index (χ0v) is 11.2. The summed E-state index contributed by atoms with van der Waals surface area (Å²) in [6.07, 6.45) is 5.03. The molecule has 0 fully saturated rings. The fraction of sp³-hybridized carbons (Fsp3) is 0.357. The lowest BCUT2D eigenvalue weighted by atomic mass is 10.1. The SMILES string of the molecule is NCCn1cc(C(=O)Nc2ccc3c(c2)CCC3)nn1. The van der Waals surface area contributed by atoms with E-state index in [1.807, 2.05) is 12.1 Å². The largest absolute Gasteiger partial charge is 0.329 e. The molecule has 0 saturated heterocycles. The van der Waals surface area contributed by atoms with Crippen LogP contribution in [0, 0.1) is 0 Å². The molecule has 104 valence electrons. The van der Waals surface area contributed by atoms with Crippen LogP contribution in [0.2, 0.25) is 0 Å². The van der Waals surface area contributed by atoms with Crippen LogP contribution in [-0.4, -0.2) is 27.4 Å². The van der Waals surface area contributed by atoms with E-state index in [0.29, 0.717) is 18.8 Å². The predicted molar refractivity (Wildman–Crippen MR) is 75.5 cm³/mol. The molecule has 1 aromatic heterocycles. The summed E-state index contributed by atoms with van der Waals surface area (Å²) in [6, 6.07) is 6.07. The van der Waals surface area contributed by atoms with Gasteiger partial charge in [-0.3, -0.25) is 9.48 Å². The van der Waals surface area contributed by atoms with Crippen LogP contribution in [0.5, 0.6) is 0 Å². The summed E-state index contributed by atoms with van der Waals surface area (Å²) >= 11 is 0. The summed E-state index contributed by atoms with van der Waals surface area (Å²) in [4.78, 5) is 12.1. The number of nitrogens with one attached hydrogen (secondary N) is 1. The van der Waals surface area contributed by atoms with E-state index in [0.717, 1.165) is 18.5 Å². The Labute approximate surface area is 117 Å². The van der Waals surface area contributed by atoms with Crippen molar-refractivity contribution in [2.45, 2.75) is 25.8 Å². The van der Waals surface area contributed by atoms with Crippen molar-refractivity contribution in [2.24, 2.45) is 5.73 Å². The molecule has 0 aliphatic heterocycles. The average Bonchev–Trinajstić information content (AvgIpc) is 3.07. The first-order valence-corrected chi connectivity index (χ1v) is 6.79. The monoisotopic (exact) mass is 271 g/mol. The van der Waals surface area contributed by atoms with Crippen LogP contribution in [0.25, 0.3) is 0 Å². The highest BCUT2D eigenvalue weighted by Gasteiger charge is 2.14.